The Kier molecular flexibility index (Phi) is 3.88. The van der Waals surface area contributed by atoms with Crippen molar-refractivity contribution in [2.24, 2.45) is 5.92 Å². The molecule has 1 aliphatic heterocycles. The van der Waals surface area contributed by atoms with Gasteiger partial charge in [0, 0.05) is 19.0 Å². The highest BCUT2D eigenvalue weighted by Gasteiger charge is 2.30. The molecule has 0 atom stereocenters. The number of nitrogens with one attached hydrogen (secondary N) is 1. The third-order valence-corrected chi connectivity index (χ3v) is 5.55. The van der Waals surface area contributed by atoms with Crippen molar-refractivity contribution in [3.05, 3.63) is 12.0 Å². The molecule has 2 aromatic heterocycles. The average Bonchev–Trinajstić information content (AvgIpc) is 3.34. The Hall–Kier alpha value is -1.76. The van der Waals surface area contributed by atoms with Gasteiger partial charge in [0.15, 0.2) is 16.8 Å². The first-order valence-corrected chi connectivity index (χ1v) is 9.05. The number of thiazole rings is 1. The second kappa shape index (κ2) is 6.03. The van der Waals surface area contributed by atoms with Crippen LogP contribution in [0.3, 0.4) is 0 Å². The number of carbonyl (C=O) groups excluding carboxylic acids is 1. The van der Waals surface area contributed by atoms with Crippen molar-refractivity contribution in [2.45, 2.75) is 38.5 Å². The minimum Gasteiger partial charge on any atom is -0.348 e. The second-order valence-electron chi connectivity index (χ2n) is 6.29. The first kappa shape index (κ1) is 14.8. The molecular weight excluding hydrogens is 315 g/mol. The lowest BCUT2D eigenvalue weighted by Crippen LogP contribution is -2.23. The maximum Gasteiger partial charge on any atom is 0.228 e. The van der Waals surface area contributed by atoms with E-state index in [4.69, 9.17) is 0 Å². The zero-order valence-corrected chi connectivity index (χ0v) is 13.7. The van der Waals surface area contributed by atoms with Gasteiger partial charge in [0.1, 0.15) is 10.2 Å². The Morgan fingerprint density at radius 3 is 2.70 bits per heavy atom. The minimum atomic E-state index is -0.429. The molecule has 2 fully saturated rings. The summed E-state index contributed by atoms with van der Waals surface area (Å²) in [6.07, 6.45) is 7.76. The number of carbonyl (C=O) groups is 1. The topological polar surface area (TPSA) is 58.1 Å². The smallest absolute Gasteiger partial charge is 0.228 e. The zero-order chi connectivity index (χ0) is 15.8. The van der Waals surface area contributed by atoms with Crippen molar-refractivity contribution in [3.8, 4) is 0 Å². The van der Waals surface area contributed by atoms with Gasteiger partial charge in [0.2, 0.25) is 5.91 Å². The van der Waals surface area contributed by atoms with E-state index in [-0.39, 0.29) is 11.8 Å². The van der Waals surface area contributed by atoms with Crippen LogP contribution in [-0.2, 0) is 4.79 Å². The van der Waals surface area contributed by atoms with Crippen molar-refractivity contribution in [2.75, 3.05) is 23.3 Å². The molecule has 4 rings (SSSR count). The standard InChI is InChI=1S/C16H19FN4OS/c17-11-9-18-14(20-15(22)10-5-6-10)13-12(11)19-16(23-13)21-7-3-1-2-4-8-21/h9-10H,1-8H2,(H,18,20,22). The molecule has 2 aliphatic rings. The molecule has 1 aliphatic carbocycles. The first-order valence-electron chi connectivity index (χ1n) is 8.23. The molecule has 1 N–H and O–H groups in total. The minimum absolute atomic E-state index is 0.0184. The van der Waals surface area contributed by atoms with Crippen LogP contribution in [0.15, 0.2) is 6.20 Å². The Bertz CT molecular complexity index is 735. The molecule has 0 radical (unpaired) electrons. The van der Waals surface area contributed by atoms with Crippen LogP contribution in [0, 0.1) is 11.7 Å². The summed E-state index contributed by atoms with van der Waals surface area (Å²) in [5.41, 5.74) is 0.315. The summed E-state index contributed by atoms with van der Waals surface area (Å²) in [4.78, 5) is 22.8. The number of aromatic nitrogens is 2. The van der Waals surface area contributed by atoms with Crippen molar-refractivity contribution in [1.82, 2.24) is 9.97 Å². The van der Waals surface area contributed by atoms with E-state index in [9.17, 15) is 9.18 Å². The van der Waals surface area contributed by atoms with Crippen LogP contribution in [0.5, 0.6) is 0 Å². The van der Waals surface area contributed by atoms with Gasteiger partial charge in [0.25, 0.3) is 0 Å². The molecule has 0 aromatic carbocycles. The number of nitrogens with zero attached hydrogens (tertiary/aromatic N) is 3. The van der Waals surface area contributed by atoms with Crippen molar-refractivity contribution < 1.29 is 9.18 Å². The molecule has 5 nitrogen and oxygen atoms in total. The number of hydrogen-bond acceptors (Lipinski definition) is 5. The van der Waals surface area contributed by atoms with Gasteiger partial charge in [-0.1, -0.05) is 24.2 Å². The fraction of sp³-hybridized carbons (Fsp3) is 0.562. The summed E-state index contributed by atoms with van der Waals surface area (Å²) >= 11 is 1.43. The Morgan fingerprint density at radius 1 is 1.26 bits per heavy atom. The monoisotopic (exact) mass is 334 g/mol. The fourth-order valence-corrected chi connectivity index (χ4v) is 3.99. The summed E-state index contributed by atoms with van der Waals surface area (Å²) in [6.45, 7) is 1.91. The van der Waals surface area contributed by atoms with E-state index in [0.717, 1.165) is 50.1 Å². The van der Waals surface area contributed by atoms with Crippen molar-refractivity contribution >= 4 is 38.4 Å². The van der Waals surface area contributed by atoms with E-state index >= 15 is 0 Å². The third-order valence-electron chi connectivity index (χ3n) is 4.43. The van der Waals surface area contributed by atoms with Gasteiger partial charge in [-0.25, -0.2) is 14.4 Å². The largest absolute Gasteiger partial charge is 0.348 e. The Balaban J connectivity index is 1.68. The van der Waals surface area contributed by atoms with Gasteiger partial charge in [-0.15, -0.1) is 0 Å². The van der Waals surface area contributed by atoms with E-state index in [2.05, 4.69) is 20.2 Å². The lowest BCUT2D eigenvalue weighted by molar-refractivity contribution is -0.117. The number of amides is 1. The van der Waals surface area contributed by atoms with Crippen LogP contribution in [0.25, 0.3) is 10.2 Å². The average molecular weight is 334 g/mol. The number of halogens is 1. The number of hydrogen-bond donors (Lipinski definition) is 1. The van der Waals surface area contributed by atoms with Gasteiger partial charge in [-0.3, -0.25) is 4.79 Å². The molecule has 2 aromatic rings. The molecule has 23 heavy (non-hydrogen) atoms. The summed E-state index contributed by atoms with van der Waals surface area (Å²) in [5, 5.41) is 3.67. The molecule has 122 valence electrons. The first-order chi connectivity index (χ1) is 11.2. The molecular formula is C16H19FN4OS. The maximum absolute atomic E-state index is 14.1. The van der Waals surface area contributed by atoms with Gasteiger partial charge < -0.3 is 10.2 Å². The van der Waals surface area contributed by atoms with Crippen LogP contribution in [0.2, 0.25) is 0 Å². The molecule has 1 saturated carbocycles. The van der Waals surface area contributed by atoms with Crippen LogP contribution in [-0.4, -0.2) is 29.0 Å². The van der Waals surface area contributed by atoms with Crippen LogP contribution < -0.4 is 10.2 Å². The number of pyridine rings is 1. The highest BCUT2D eigenvalue weighted by atomic mass is 32.1. The summed E-state index contributed by atoms with van der Waals surface area (Å²) in [5.74, 6) is 0.0867. The normalized spacial score (nSPS) is 18.9. The Morgan fingerprint density at radius 2 is 2.00 bits per heavy atom. The van der Waals surface area contributed by atoms with E-state index in [1.165, 1.54) is 24.2 Å². The fourth-order valence-electron chi connectivity index (χ4n) is 2.92. The SMILES string of the molecule is O=C(Nc1ncc(F)c2nc(N3CCCCCC3)sc12)C1CC1. The van der Waals surface area contributed by atoms with Gasteiger partial charge in [-0.2, -0.15) is 0 Å². The summed E-state index contributed by atoms with van der Waals surface area (Å²) in [7, 11) is 0. The summed E-state index contributed by atoms with van der Waals surface area (Å²) < 4.78 is 14.7. The molecule has 1 saturated heterocycles. The molecule has 7 heteroatoms. The number of fused-ring (bicyclic) bond motifs is 1. The van der Waals surface area contributed by atoms with Crippen LogP contribution >= 0.6 is 11.3 Å². The van der Waals surface area contributed by atoms with Gasteiger partial charge >= 0.3 is 0 Å². The van der Waals surface area contributed by atoms with E-state index in [1.54, 1.807) is 0 Å². The van der Waals surface area contributed by atoms with E-state index in [0.29, 0.717) is 16.0 Å². The predicted molar refractivity (Wildman–Crippen MR) is 89.4 cm³/mol. The molecule has 0 bridgehead atoms. The van der Waals surface area contributed by atoms with E-state index in [1.807, 2.05) is 0 Å². The Labute approximate surface area is 137 Å². The zero-order valence-electron chi connectivity index (χ0n) is 12.8. The predicted octanol–water partition coefficient (Wildman–Crippen LogP) is 3.56. The lowest BCUT2D eigenvalue weighted by Gasteiger charge is -2.18. The van der Waals surface area contributed by atoms with E-state index < -0.39 is 5.82 Å². The number of rotatable bonds is 3. The molecule has 0 spiro atoms. The van der Waals surface area contributed by atoms with Gasteiger partial charge in [0.05, 0.1) is 6.20 Å². The van der Waals surface area contributed by atoms with Gasteiger partial charge in [-0.05, 0) is 25.7 Å². The van der Waals surface area contributed by atoms with Crippen LogP contribution in [0.1, 0.15) is 38.5 Å². The molecule has 3 heterocycles. The number of anilines is 2. The summed E-state index contributed by atoms with van der Waals surface area (Å²) in [6, 6.07) is 0. The maximum atomic E-state index is 14.1. The molecule has 0 unspecified atom stereocenters. The lowest BCUT2D eigenvalue weighted by atomic mass is 10.2. The third kappa shape index (κ3) is 3.02. The second-order valence-corrected chi connectivity index (χ2v) is 7.27. The molecule has 1 amide bonds. The van der Waals surface area contributed by atoms with Crippen LogP contribution in [0.4, 0.5) is 15.3 Å². The van der Waals surface area contributed by atoms with Crippen molar-refractivity contribution in [1.29, 1.82) is 0 Å². The highest BCUT2D eigenvalue weighted by molar-refractivity contribution is 7.22. The quantitative estimate of drug-likeness (QED) is 0.932. The van der Waals surface area contributed by atoms with Crippen molar-refractivity contribution in [3.63, 3.8) is 0 Å². The highest BCUT2D eigenvalue weighted by Crippen LogP contribution is 2.36.